The second kappa shape index (κ2) is 7.06. The van der Waals surface area contributed by atoms with Crippen molar-refractivity contribution in [3.63, 3.8) is 0 Å². The van der Waals surface area contributed by atoms with Gasteiger partial charge in [-0.05, 0) is 54.4 Å². The molecule has 1 unspecified atom stereocenters. The van der Waals surface area contributed by atoms with Crippen molar-refractivity contribution >= 4 is 5.97 Å². The van der Waals surface area contributed by atoms with Crippen LogP contribution in [0, 0.1) is 0 Å². The number of carbonyl (C=O) groups is 1. The number of carbonyl (C=O) groups excluding carboxylic acids is 1. The van der Waals surface area contributed by atoms with Gasteiger partial charge in [-0.3, -0.25) is 4.79 Å². The van der Waals surface area contributed by atoms with Crippen LogP contribution < -0.4 is 0 Å². The number of allylic oxidation sites excluding steroid dienone is 2. The number of aliphatic hydroxyl groups is 2. The molecule has 4 nitrogen and oxygen atoms in total. The van der Waals surface area contributed by atoms with E-state index in [2.05, 4.69) is 0 Å². The lowest BCUT2D eigenvalue weighted by molar-refractivity contribution is -0.164. The molecule has 2 N–H and O–H groups in total. The second-order valence-corrected chi connectivity index (χ2v) is 6.28. The van der Waals surface area contributed by atoms with Gasteiger partial charge in [0, 0.05) is 0 Å². The van der Waals surface area contributed by atoms with E-state index in [-0.39, 0.29) is 6.42 Å². The molecule has 0 aromatic carbocycles. The second-order valence-electron chi connectivity index (χ2n) is 6.28. The van der Waals surface area contributed by atoms with Gasteiger partial charge in [0.1, 0.15) is 6.10 Å². The zero-order valence-electron chi connectivity index (χ0n) is 13.0. The van der Waals surface area contributed by atoms with Crippen LogP contribution >= 0.6 is 0 Å². The molecule has 0 heterocycles. The van der Waals surface area contributed by atoms with Crippen molar-refractivity contribution in [2.24, 2.45) is 0 Å². The molecular weight excluding hydrogens is 244 g/mol. The molecule has 0 saturated heterocycles. The van der Waals surface area contributed by atoms with E-state index < -0.39 is 23.3 Å². The fourth-order valence-electron chi connectivity index (χ4n) is 1.45. The molecule has 0 saturated carbocycles. The fourth-order valence-corrected chi connectivity index (χ4v) is 1.45. The maximum atomic E-state index is 11.7. The molecule has 0 amide bonds. The summed E-state index contributed by atoms with van der Waals surface area (Å²) in [5, 5.41) is 19.8. The third-order valence-corrected chi connectivity index (χ3v) is 3.06. The van der Waals surface area contributed by atoms with E-state index in [1.54, 1.807) is 27.7 Å². The Morgan fingerprint density at radius 1 is 1.26 bits per heavy atom. The van der Waals surface area contributed by atoms with E-state index in [0.29, 0.717) is 6.42 Å². The zero-order valence-corrected chi connectivity index (χ0v) is 13.0. The van der Waals surface area contributed by atoms with E-state index in [0.717, 1.165) is 6.42 Å². The smallest absolute Gasteiger partial charge is 0.309 e. The predicted molar refractivity (Wildman–Crippen MR) is 75.8 cm³/mol. The van der Waals surface area contributed by atoms with Crippen molar-refractivity contribution in [3.05, 3.63) is 11.6 Å². The van der Waals surface area contributed by atoms with Gasteiger partial charge in [0.2, 0.25) is 0 Å². The minimum absolute atomic E-state index is 0.0655. The Morgan fingerprint density at radius 3 is 2.21 bits per heavy atom. The Balaban J connectivity index is 4.27. The standard InChI is InChI=1S/C15H28O4/c1-11(2)8-7-9-15(6,18)10-13(16)19-12(3)14(4,5)17/h8,12,17-18H,7,9-10H2,1-6H3/t12-,15?/m1/s1. The first kappa shape index (κ1) is 18.1. The average molecular weight is 272 g/mol. The first-order valence-electron chi connectivity index (χ1n) is 6.71. The molecule has 0 radical (unpaired) electrons. The van der Waals surface area contributed by atoms with Gasteiger partial charge in [-0.1, -0.05) is 11.6 Å². The number of hydrogen-bond acceptors (Lipinski definition) is 4. The number of hydrogen-bond donors (Lipinski definition) is 2. The fraction of sp³-hybridized carbons (Fsp3) is 0.800. The highest BCUT2D eigenvalue weighted by Gasteiger charge is 2.29. The average Bonchev–Trinajstić information content (AvgIpc) is 2.13. The van der Waals surface area contributed by atoms with Gasteiger partial charge in [0.05, 0.1) is 17.6 Å². The summed E-state index contributed by atoms with van der Waals surface area (Å²) in [6, 6.07) is 0. The molecule has 19 heavy (non-hydrogen) atoms. The maximum Gasteiger partial charge on any atom is 0.309 e. The monoisotopic (exact) mass is 272 g/mol. The van der Waals surface area contributed by atoms with Gasteiger partial charge < -0.3 is 14.9 Å². The van der Waals surface area contributed by atoms with Crippen molar-refractivity contribution in [2.45, 2.75) is 78.1 Å². The SMILES string of the molecule is CC(C)=CCCC(C)(O)CC(=O)O[C@H](C)C(C)(C)O. The largest absolute Gasteiger partial charge is 0.460 e. The third-order valence-electron chi connectivity index (χ3n) is 3.06. The molecule has 0 aromatic rings. The molecule has 0 bridgehead atoms. The number of esters is 1. The van der Waals surface area contributed by atoms with Crippen LogP contribution in [0.2, 0.25) is 0 Å². The summed E-state index contributed by atoms with van der Waals surface area (Å²) in [5.74, 6) is -0.489. The minimum atomic E-state index is -1.08. The molecule has 4 heteroatoms. The van der Waals surface area contributed by atoms with Crippen LogP contribution in [0.15, 0.2) is 11.6 Å². The number of rotatable bonds is 7. The van der Waals surface area contributed by atoms with E-state index in [4.69, 9.17) is 4.74 Å². The van der Waals surface area contributed by atoms with Gasteiger partial charge in [0.25, 0.3) is 0 Å². The van der Waals surface area contributed by atoms with Gasteiger partial charge in [-0.2, -0.15) is 0 Å². The first-order valence-corrected chi connectivity index (χ1v) is 6.71. The van der Waals surface area contributed by atoms with E-state index in [1.807, 2.05) is 19.9 Å². The lowest BCUT2D eigenvalue weighted by Crippen LogP contribution is -2.39. The minimum Gasteiger partial charge on any atom is -0.460 e. The summed E-state index contributed by atoms with van der Waals surface area (Å²) in [7, 11) is 0. The Kier molecular flexibility index (Phi) is 6.73. The van der Waals surface area contributed by atoms with Crippen molar-refractivity contribution in [3.8, 4) is 0 Å². The van der Waals surface area contributed by atoms with Crippen LogP contribution in [0.25, 0.3) is 0 Å². The van der Waals surface area contributed by atoms with Gasteiger partial charge >= 0.3 is 5.97 Å². The molecule has 0 aliphatic heterocycles. The molecular formula is C15H28O4. The molecule has 0 spiro atoms. The predicted octanol–water partition coefficient (Wildman–Crippen LogP) is 2.58. The summed E-state index contributed by atoms with van der Waals surface area (Å²) in [5.41, 5.74) is -0.972. The van der Waals surface area contributed by atoms with Crippen LogP contribution in [-0.4, -0.2) is 33.5 Å². The normalized spacial score (nSPS) is 16.4. The highest BCUT2D eigenvalue weighted by molar-refractivity contribution is 5.70. The Hall–Kier alpha value is -0.870. The molecule has 0 rings (SSSR count). The first-order chi connectivity index (χ1) is 8.44. The third kappa shape index (κ3) is 8.78. The Bertz CT molecular complexity index is 320. The van der Waals surface area contributed by atoms with Crippen LogP contribution in [0.1, 0.15) is 60.8 Å². The molecule has 0 fully saturated rings. The molecule has 0 aromatic heterocycles. The molecule has 2 atom stereocenters. The zero-order chi connectivity index (χ0) is 15.3. The molecule has 0 aliphatic carbocycles. The molecule has 0 aliphatic rings. The highest BCUT2D eigenvalue weighted by Crippen LogP contribution is 2.20. The van der Waals surface area contributed by atoms with Gasteiger partial charge in [0.15, 0.2) is 0 Å². The van der Waals surface area contributed by atoms with Crippen LogP contribution in [0.3, 0.4) is 0 Å². The Labute approximate surface area is 116 Å². The highest BCUT2D eigenvalue weighted by atomic mass is 16.6. The lowest BCUT2D eigenvalue weighted by Gasteiger charge is -2.28. The van der Waals surface area contributed by atoms with E-state index in [1.165, 1.54) is 5.57 Å². The van der Waals surface area contributed by atoms with Crippen molar-refractivity contribution in [2.75, 3.05) is 0 Å². The van der Waals surface area contributed by atoms with Crippen molar-refractivity contribution < 1.29 is 19.7 Å². The molecule has 112 valence electrons. The summed E-state index contributed by atoms with van der Waals surface area (Å²) in [4.78, 5) is 11.7. The van der Waals surface area contributed by atoms with E-state index >= 15 is 0 Å². The van der Waals surface area contributed by atoms with Gasteiger partial charge in [-0.25, -0.2) is 0 Å². The van der Waals surface area contributed by atoms with Crippen molar-refractivity contribution in [1.29, 1.82) is 0 Å². The summed E-state index contributed by atoms with van der Waals surface area (Å²) >= 11 is 0. The number of ether oxygens (including phenoxy) is 1. The summed E-state index contributed by atoms with van der Waals surface area (Å²) < 4.78 is 5.11. The summed E-state index contributed by atoms with van der Waals surface area (Å²) in [6.45, 7) is 10.4. The van der Waals surface area contributed by atoms with Crippen LogP contribution in [0.4, 0.5) is 0 Å². The topological polar surface area (TPSA) is 66.8 Å². The Morgan fingerprint density at radius 2 is 1.79 bits per heavy atom. The maximum absolute atomic E-state index is 11.7. The van der Waals surface area contributed by atoms with Crippen molar-refractivity contribution in [1.82, 2.24) is 0 Å². The van der Waals surface area contributed by atoms with E-state index in [9.17, 15) is 15.0 Å². The lowest BCUT2D eigenvalue weighted by atomic mass is 9.95. The quantitative estimate of drug-likeness (QED) is 0.552. The van der Waals surface area contributed by atoms with Crippen LogP contribution in [-0.2, 0) is 9.53 Å². The van der Waals surface area contributed by atoms with Gasteiger partial charge in [-0.15, -0.1) is 0 Å². The summed E-state index contributed by atoms with van der Waals surface area (Å²) in [6.07, 6.45) is 2.59. The van der Waals surface area contributed by atoms with Crippen LogP contribution in [0.5, 0.6) is 0 Å².